The van der Waals surface area contributed by atoms with Gasteiger partial charge in [0.2, 0.25) is 0 Å². The van der Waals surface area contributed by atoms with Gasteiger partial charge in [-0.05, 0) is 24.3 Å². The first-order valence-corrected chi connectivity index (χ1v) is 8.97. The lowest BCUT2D eigenvalue weighted by Crippen LogP contribution is -2.36. The molecule has 0 spiro atoms. The number of carbonyl (C=O) groups excluding carboxylic acids is 2. The second-order valence-electron chi connectivity index (χ2n) is 5.17. The molecule has 2 rings (SSSR count). The van der Waals surface area contributed by atoms with E-state index in [0.717, 1.165) is 0 Å². The lowest BCUT2D eigenvalue weighted by Gasteiger charge is -2.21. The highest BCUT2D eigenvalue weighted by atomic mass is 35.5. The van der Waals surface area contributed by atoms with E-state index in [2.05, 4.69) is 9.72 Å². The number of thiazole rings is 1. The minimum atomic E-state index is -0.506. The van der Waals surface area contributed by atoms with Gasteiger partial charge in [0.05, 0.1) is 20.3 Å². The fourth-order valence-electron chi connectivity index (χ4n) is 2.01. The summed E-state index contributed by atoms with van der Waals surface area (Å²) in [6.07, 6.45) is 0. The van der Waals surface area contributed by atoms with Gasteiger partial charge in [0.15, 0.2) is 12.3 Å². The Hall–Kier alpha value is -2.16. The van der Waals surface area contributed by atoms with Gasteiger partial charge in [-0.25, -0.2) is 9.78 Å². The second-order valence-corrected chi connectivity index (χ2v) is 6.55. The third kappa shape index (κ3) is 5.98. The Morgan fingerprint density at radius 2 is 1.96 bits per heavy atom. The maximum atomic E-state index is 12.5. The number of halogens is 1. The van der Waals surface area contributed by atoms with Crippen LogP contribution in [0.1, 0.15) is 15.5 Å². The zero-order valence-electron chi connectivity index (χ0n) is 14.4. The Bertz CT molecular complexity index is 735. The third-order valence-corrected chi connectivity index (χ3v) is 4.45. The predicted octanol–water partition coefficient (Wildman–Crippen LogP) is 2.64. The minimum Gasteiger partial charge on any atom is -0.484 e. The van der Waals surface area contributed by atoms with Crippen molar-refractivity contribution in [2.45, 2.75) is 6.54 Å². The molecule has 0 saturated carbocycles. The van der Waals surface area contributed by atoms with Crippen LogP contribution in [0.4, 0.5) is 0 Å². The van der Waals surface area contributed by atoms with Crippen molar-refractivity contribution in [3.8, 4) is 5.75 Å². The lowest BCUT2D eigenvalue weighted by atomic mass is 10.3. The van der Waals surface area contributed by atoms with Crippen molar-refractivity contribution in [3.05, 3.63) is 45.4 Å². The molecule has 1 aromatic heterocycles. The number of aromatic nitrogens is 1. The molecule has 0 bridgehead atoms. The number of nitrogens with zero attached hydrogens (tertiary/aromatic N) is 2. The smallest absolute Gasteiger partial charge is 0.357 e. The van der Waals surface area contributed by atoms with E-state index in [1.165, 1.54) is 18.4 Å². The number of hydrogen-bond acceptors (Lipinski definition) is 7. The van der Waals surface area contributed by atoms with E-state index in [-0.39, 0.29) is 24.8 Å². The number of esters is 1. The number of hydrogen-bond donors (Lipinski definition) is 0. The van der Waals surface area contributed by atoms with Crippen LogP contribution in [0.2, 0.25) is 5.02 Å². The molecule has 0 aliphatic carbocycles. The lowest BCUT2D eigenvalue weighted by molar-refractivity contribution is -0.134. The van der Waals surface area contributed by atoms with Gasteiger partial charge in [0.1, 0.15) is 10.8 Å². The van der Waals surface area contributed by atoms with Crippen LogP contribution in [-0.4, -0.2) is 55.7 Å². The molecule has 26 heavy (non-hydrogen) atoms. The third-order valence-electron chi connectivity index (χ3n) is 3.37. The van der Waals surface area contributed by atoms with Crippen LogP contribution in [-0.2, 0) is 20.8 Å². The van der Waals surface area contributed by atoms with Gasteiger partial charge in [-0.2, -0.15) is 0 Å². The average Bonchev–Trinajstić information content (AvgIpc) is 3.12. The standard InChI is InChI=1S/C17H19ClN2O5S/c1-23-8-7-20(9-15-19-14(11-26-15)17(22)24-2)16(21)10-25-13-5-3-12(18)4-6-13/h3-6,11H,7-10H2,1-2H3. The zero-order valence-corrected chi connectivity index (χ0v) is 16.0. The van der Waals surface area contributed by atoms with Crippen LogP contribution in [0.5, 0.6) is 5.75 Å². The highest BCUT2D eigenvalue weighted by molar-refractivity contribution is 7.09. The van der Waals surface area contributed by atoms with Crippen LogP contribution in [0.3, 0.4) is 0 Å². The summed E-state index contributed by atoms with van der Waals surface area (Å²) in [5, 5.41) is 2.82. The van der Waals surface area contributed by atoms with Gasteiger partial charge in [0.25, 0.3) is 5.91 Å². The number of ether oxygens (including phenoxy) is 3. The van der Waals surface area contributed by atoms with Crippen LogP contribution in [0.15, 0.2) is 29.6 Å². The Balaban J connectivity index is 1.98. The van der Waals surface area contributed by atoms with Gasteiger partial charge in [-0.3, -0.25) is 4.79 Å². The number of amides is 1. The van der Waals surface area contributed by atoms with Gasteiger partial charge in [0, 0.05) is 24.1 Å². The van der Waals surface area contributed by atoms with E-state index in [1.807, 2.05) is 0 Å². The predicted molar refractivity (Wildman–Crippen MR) is 97.7 cm³/mol. The zero-order chi connectivity index (χ0) is 18.9. The molecule has 0 saturated heterocycles. The molecule has 0 N–H and O–H groups in total. The summed E-state index contributed by atoms with van der Waals surface area (Å²) in [6.45, 7) is 0.892. The molecule has 2 aromatic rings. The highest BCUT2D eigenvalue weighted by Crippen LogP contribution is 2.16. The van der Waals surface area contributed by atoms with E-state index >= 15 is 0 Å². The first kappa shape index (κ1) is 20.2. The second kappa shape index (κ2) is 10.1. The maximum Gasteiger partial charge on any atom is 0.357 e. The van der Waals surface area contributed by atoms with E-state index in [4.69, 9.17) is 21.1 Å². The van der Waals surface area contributed by atoms with Crippen molar-refractivity contribution >= 4 is 34.8 Å². The number of benzene rings is 1. The number of methoxy groups -OCH3 is 2. The molecular weight excluding hydrogens is 380 g/mol. The summed E-state index contributed by atoms with van der Waals surface area (Å²) in [5.41, 5.74) is 0.226. The minimum absolute atomic E-state index is 0.124. The molecule has 0 aliphatic rings. The molecule has 0 atom stereocenters. The Labute approximate surface area is 160 Å². The van der Waals surface area contributed by atoms with Crippen molar-refractivity contribution in [1.82, 2.24) is 9.88 Å². The molecule has 0 unspecified atom stereocenters. The quantitative estimate of drug-likeness (QED) is 0.604. The van der Waals surface area contributed by atoms with Crippen molar-refractivity contribution in [1.29, 1.82) is 0 Å². The molecule has 1 heterocycles. The van der Waals surface area contributed by atoms with Gasteiger partial charge < -0.3 is 19.1 Å². The molecule has 7 nitrogen and oxygen atoms in total. The molecule has 1 aromatic carbocycles. The highest BCUT2D eigenvalue weighted by Gasteiger charge is 2.18. The molecular formula is C17H19ClN2O5S. The first-order chi connectivity index (χ1) is 12.5. The van der Waals surface area contributed by atoms with Crippen LogP contribution in [0.25, 0.3) is 0 Å². The molecule has 0 aliphatic heterocycles. The maximum absolute atomic E-state index is 12.5. The van der Waals surface area contributed by atoms with Gasteiger partial charge >= 0.3 is 5.97 Å². The summed E-state index contributed by atoms with van der Waals surface area (Å²) in [4.78, 5) is 29.8. The summed E-state index contributed by atoms with van der Waals surface area (Å²) < 4.78 is 15.2. The normalized spacial score (nSPS) is 10.4. The SMILES string of the molecule is COCCN(Cc1nc(C(=O)OC)cs1)C(=O)COc1ccc(Cl)cc1. The number of carbonyl (C=O) groups is 2. The van der Waals surface area contributed by atoms with E-state index in [9.17, 15) is 9.59 Å². The Morgan fingerprint density at radius 1 is 1.23 bits per heavy atom. The monoisotopic (exact) mass is 398 g/mol. The van der Waals surface area contributed by atoms with E-state index in [1.54, 1.807) is 41.7 Å². The van der Waals surface area contributed by atoms with Crippen molar-refractivity contribution < 1.29 is 23.8 Å². The van der Waals surface area contributed by atoms with Crippen LogP contribution >= 0.6 is 22.9 Å². The fourth-order valence-corrected chi connectivity index (χ4v) is 2.91. The molecule has 0 fully saturated rings. The van der Waals surface area contributed by atoms with Crippen molar-refractivity contribution in [2.75, 3.05) is 34.0 Å². The molecule has 140 valence electrons. The molecule has 1 amide bonds. The largest absolute Gasteiger partial charge is 0.484 e. The number of rotatable bonds is 9. The van der Waals surface area contributed by atoms with Crippen LogP contribution in [0, 0.1) is 0 Å². The van der Waals surface area contributed by atoms with Crippen LogP contribution < -0.4 is 4.74 Å². The van der Waals surface area contributed by atoms with E-state index in [0.29, 0.717) is 28.9 Å². The first-order valence-electron chi connectivity index (χ1n) is 7.71. The Morgan fingerprint density at radius 3 is 2.62 bits per heavy atom. The molecule has 9 heteroatoms. The van der Waals surface area contributed by atoms with Gasteiger partial charge in [-0.1, -0.05) is 11.6 Å². The van der Waals surface area contributed by atoms with Crippen molar-refractivity contribution in [3.63, 3.8) is 0 Å². The van der Waals surface area contributed by atoms with Gasteiger partial charge in [-0.15, -0.1) is 11.3 Å². The average molecular weight is 399 g/mol. The topological polar surface area (TPSA) is 78.0 Å². The fraction of sp³-hybridized carbons (Fsp3) is 0.353. The molecule has 0 radical (unpaired) electrons. The van der Waals surface area contributed by atoms with Crippen molar-refractivity contribution in [2.24, 2.45) is 0 Å². The summed E-state index contributed by atoms with van der Waals surface area (Å²) in [6, 6.07) is 6.76. The van der Waals surface area contributed by atoms with E-state index < -0.39 is 5.97 Å². The summed E-state index contributed by atoms with van der Waals surface area (Å²) in [5.74, 6) is -0.170. The Kier molecular flexibility index (Phi) is 7.83. The summed E-state index contributed by atoms with van der Waals surface area (Å²) >= 11 is 7.11. The summed E-state index contributed by atoms with van der Waals surface area (Å²) in [7, 11) is 2.86.